The molecule has 0 aromatic carbocycles. The van der Waals surface area contributed by atoms with Gasteiger partial charge in [0.15, 0.2) is 0 Å². The predicted octanol–water partition coefficient (Wildman–Crippen LogP) is 0.655. The number of nitrogens with one attached hydrogen (secondary N) is 3. The Morgan fingerprint density at radius 2 is 1.75 bits per heavy atom. The van der Waals surface area contributed by atoms with Crippen LogP contribution in [0.3, 0.4) is 0 Å². The number of hydrogen-bond donors (Lipinski definition) is 3. The summed E-state index contributed by atoms with van der Waals surface area (Å²) in [4.78, 5) is 0. The molecule has 3 nitrogen and oxygen atoms in total. The number of hydrogen-bond acceptors (Lipinski definition) is 3. The van der Waals surface area contributed by atoms with Gasteiger partial charge >= 0.3 is 0 Å². The highest BCUT2D eigenvalue weighted by atomic mass is 15.1. The van der Waals surface area contributed by atoms with E-state index in [1.54, 1.807) is 0 Å². The van der Waals surface area contributed by atoms with Crippen LogP contribution in [0.4, 0.5) is 0 Å². The van der Waals surface area contributed by atoms with Gasteiger partial charge in [-0.25, -0.2) is 0 Å². The fraction of sp³-hybridized carbons (Fsp3) is 0.778. The molecule has 3 heteroatoms. The second-order valence-electron chi connectivity index (χ2n) is 3.17. The molecule has 0 aromatic heterocycles. The predicted molar refractivity (Wildman–Crippen MR) is 54.0 cm³/mol. The maximum absolute atomic E-state index is 3.22. The van der Waals surface area contributed by atoms with Gasteiger partial charge in [-0.3, -0.25) is 0 Å². The number of rotatable bonds is 5. The second kappa shape index (κ2) is 5.17. The molecule has 0 aliphatic carbocycles. The van der Waals surface area contributed by atoms with Crippen LogP contribution in [0.1, 0.15) is 20.3 Å². The summed E-state index contributed by atoms with van der Waals surface area (Å²) in [6.45, 7) is 4.19. The summed E-state index contributed by atoms with van der Waals surface area (Å²) >= 11 is 0. The van der Waals surface area contributed by atoms with Crippen molar-refractivity contribution in [2.24, 2.45) is 0 Å². The third-order valence-electron chi connectivity index (χ3n) is 2.31. The third kappa shape index (κ3) is 3.74. The molecule has 0 aromatic rings. The van der Waals surface area contributed by atoms with Gasteiger partial charge in [0.05, 0.1) is 5.66 Å². The molecule has 0 aliphatic rings. The summed E-state index contributed by atoms with van der Waals surface area (Å²) in [5.41, 5.74) is 1.20. The van der Waals surface area contributed by atoms with Crippen LogP contribution in [0.2, 0.25) is 0 Å². The zero-order valence-corrected chi connectivity index (χ0v) is 8.78. The normalized spacial score (nSPS) is 13.2. The van der Waals surface area contributed by atoms with Gasteiger partial charge in [-0.05, 0) is 34.4 Å². The first-order valence-electron chi connectivity index (χ1n) is 4.30. The van der Waals surface area contributed by atoms with Gasteiger partial charge in [-0.1, -0.05) is 6.08 Å². The Morgan fingerprint density at radius 1 is 1.25 bits per heavy atom. The van der Waals surface area contributed by atoms with Crippen LogP contribution in [0.5, 0.6) is 0 Å². The lowest BCUT2D eigenvalue weighted by molar-refractivity contribution is 0.330. The molecule has 0 saturated heterocycles. The highest BCUT2D eigenvalue weighted by molar-refractivity contribution is 4.98. The summed E-state index contributed by atoms with van der Waals surface area (Å²) < 4.78 is 0. The Hall–Kier alpha value is -0.540. The van der Waals surface area contributed by atoms with Crippen molar-refractivity contribution in [3.63, 3.8) is 0 Å². The van der Waals surface area contributed by atoms with Crippen molar-refractivity contribution >= 4 is 0 Å². The summed E-state index contributed by atoms with van der Waals surface area (Å²) in [6, 6.07) is 0. The molecule has 0 fully saturated rings. The molecule has 0 aliphatic heterocycles. The topological polar surface area (TPSA) is 36.1 Å². The van der Waals surface area contributed by atoms with Gasteiger partial charge in [0.1, 0.15) is 0 Å². The standard InChI is InChI=1S/C9H21N3/c1-8(10-3)6-7-9(2,11-4)12-5/h6,10-12H,7H2,1-5H3. The highest BCUT2D eigenvalue weighted by Crippen LogP contribution is 2.05. The van der Waals surface area contributed by atoms with E-state index < -0.39 is 0 Å². The minimum absolute atomic E-state index is 0.00187. The van der Waals surface area contributed by atoms with Crippen LogP contribution in [0, 0.1) is 0 Å². The van der Waals surface area contributed by atoms with Crippen LogP contribution in [0.25, 0.3) is 0 Å². The van der Waals surface area contributed by atoms with Crippen LogP contribution >= 0.6 is 0 Å². The van der Waals surface area contributed by atoms with E-state index in [1.807, 2.05) is 21.1 Å². The van der Waals surface area contributed by atoms with Crippen molar-refractivity contribution in [3.05, 3.63) is 11.8 Å². The molecule has 0 spiro atoms. The lowest BCUT2D eigenvalue weighted by atomic mass is 10.1. The molecular formula is C9H21N3. The average molecular weight is 171 g/mol. The molecule has 12 heavy (non-hydrogen) atoms. The molecule has 0 bridgehead atoms. The Kier molecular flexibility index (Phi) is 4.93. The maximum atomic E-state index is 3.22. The van der Waals surface area contributed by atoms with E-state index in [0.717, 1.165) is 6.42 Å². The van der Waals surface area contributed by atoms with E-state index in [4.69, 9.17) is 0 Å². The molecule has 0 radical (unpaired) electrons. The van der Waals surface area contributed by atoms with Crippen LogP contribution in [-0.2, 0) is 0 Å². The Labute approximate surface area is 75.6 Å². The van der Waals surface area contributed by atoms with Crippen molar-refractivity contribution < 1.29 is 0 Å². The highest BCUT2D eigenvalue weighted by Gasteiger charge is 2.16. The Bertz CT molecular complexity index is 148. The molecular weight excluding hydrogens is 150 g/mol. The van der Waals surface area contributed by atoms with Crippen molar-refractivity contribution in [1.82, 2.24) is 16.0 Å². The zero-order chi connectivity index (χ0) is 9.61. The molecule has 0 amide bonds. The third-order valence-corrected chi connectivity index (χ3v) is 2.31. The summed E-state index contributed by atoms with van der Waals surface area (Å²) in [7, 11) is 5.85. The van der Waals surface area contributed by atoms with Gasteiger partial charge in [0, 0.05) is 12.7 Å². The Morgan fingerprint density at radius 3 is 2.08 bits per heavy atom. The van der Waals surface area contributed by atoms with Gasteiger partial charge in [0.25, 0.3) is 0 Å². The Balaban J connectivity index is 4.04. The quantitative estimate of drug-likeness (QED) is 0.532. The van der Waals surface area contributed by atoms with Gasteiger partial charge in [-0.2, -0.15) is 0 Å². The minimum Gasteiger partial charge on any atom is -0.392 e. The van der Waals surface area contributed by atoms with E-state index in [0.29, 0.717) is 0 Å². The lowest BCUT2D eigenvalue weighted by Gasteiger charge is -2.27. The zero-order valence-electron chi connectivity index (χ0n) is 8.78. The number of allylic oxidation sites excluding steroid dienone is 1. The van der Waals surface area contributed by atoms with Crippen LogP contribution < -0.4 is 16.0 Å². The first-order valence-corrected chi connectivity index (χ1v) is 4.30. The smallest absolute Gasteiger partial charge is 0.0689 e. The first-order chi connectivity index (χ1) is 5.58. The van der Waals surface area contributed by atoms with E-state index in [1.165, 1.54) is 5.70 Å². The second-order valence-corrected chi connectivity index (χ2v) is 3.17. The monoisotopic (exact) mass is 171 g/mol. The van der Waals surface area contributed by atoms with E-state index in [9.17, 15) is 0 Å². The average Bonchev–Trinajstić information content (AvgIpc) is 2.13. The van der Waals surface area contributed by atoms with Gasteiger partial charge in [-0.15, -0.1) is 0 Å². The van der Waals surface area contributed by atoms with Crippen molar-refractivity contribution in [3.8, 4) is 0 Å². The molecule has 0 unspecified atom stereocenters. The molecule has 0 heterocycles. The molecule has 3 N–H and O–H groups in total. The van der Waals surface area contributed by atoms with E-state index in [-0.39, 0.29) is 5.66 Å². The van der Waals surface area contributed by atoms with E-state index in [2.05, 4.69) is 35.9 Å². The van der Waals surface area contributed by atoms with Gasteiger partial charge in [0.2, 0.25) is 0 Å². The molecule has 0 atom stereocenters. The van der Waals surface area contributed by atoms with Crippen LogP contribution in [-0.4, -0.2) is 26.8 Å². The largest absolute Gasteiger partial charge is 0.392 e. The summed E-state index contributed by atoms with van der Waals surface area (Å²) in [5, 5.41) is 9.54. The fourth-order valence-corrected chi connectivity index (χ4v) is 0.788. The molecule has 0 saturated carbocycles. The SMILES string of the molecule is CNC(C)=CCC(C)(NC)NC. The van der Waals surface area contributed by atoms with Crippen LogP contribution in [0.15, 0.2) is 11.8 Å². The fourth-order valence-electron chi connectivity index (χ4n) is 0.788. The minimum atomic E-state index is -0.00187. The summed E-state index contributed by atoms with van der Waals surface area (Å²) in [6.07, 6.45) is 3.14. The maximum Gasteiger partial charge on any atom is 0.0689 e. The van der Waals surface area contributed by atoms with Crippen molar-refractivity contribution in [2.45, 2.75) is 25.9 Å². The molecule has 72 valence electrons. The lowest BCUT2D eigenvalue weighted by Crippen LogP contribution is -2.50. The van der Waals surface area contributed by atoms with E-state index >= 15 is 0 Å². The van der Waals surface area contributed by atoms with Crippen molar-refractivity contribution in [1.29, 1.82) is 0 Å². The van der Waals surface area contributed by atoms with Gasteiger partial charge < -0.3 is 16.0 Å². The summed E-state index contributed by atoms with van der Waals surface area (Å²) in [5.74, 6) is 0. The molecule has 0 rings (SSSR count). The van der Waals surface area contributed by atoms with Crippen molar-refractivity contribution in [2.75, 3.05) is 21.1 Å². The first kappa shape index (κ1) is 11.5.